The van der Waals surface area contributed by atoms with E-state index in [1.807, 2.05) is 0 Å². The summed E-state index contributed by atoms with van der Waals surface area (Å²) in [6, 6.07) is 0. The highest BCUT2D eigenvalue weighted by Gasteiger charge is 2.24. The molecule has 3 heteroatoms. The second kappa shape index (κ2) is 5.08. The molecule has 1 heterocycles. The molecule has 1 aromatic heterocycles. The molecule has 2 unspecified atom stereocenters. The van der Waals surface area contributed by atoms with Crippen molar-refractivity contribution < 1.29 is 0 Å². The van der Waals surface area contributed by atoms with Gasteiger partial charge in [-0.2, -0.15) is 0 Å². The lowest BCUT2D eigenvalue weighted by molar-refractivity contribution is 0.241. The van der Waals surface area contributed by atoms with Crippen molar-refractivity contribution in [2.45, 2.75) is 39.0 Å². The Labute approximate surface area is 95.9 Å². The third-order valence-electron chi connectivity index (χ3n) is 3.51. The van der Waals surface area contributed by atoms with E-state index in [4.69, 9.17) is 5.73 Å². The maximum Gasteiger partial charge on any atom is 0.0897 e. The highest BCUT2D eigenvalue weighted by Crippen LogP contribution is 2.31. The molecular formula is C12H20N2S. The number of aryl methyl sites for hydroxylation is 1. The molecule has 2 nitrogen and oxygen atoms in total. The minimum Gasteiger partial charge on any atom is -0.330 e. The minimum absolute atomic E-state index is 0.737. The molecule has 0 saturated heterocycles. The van der Waals surface area contributed by atoms with Gasteiger partial charge in [-0.15, -0.1) is 11.3 Å². The van der Waals surface area contributed by atoms with Gasteiger partial charge in [0.2, 0.25) is 0 Å². The van der Waals surface area contributed by atoms with Gasteiger partial charge in [0, 0.05) is 5.38 Å². The lowest BCUT2D eigenvalue weighted by Crippen LogP contribution is -2.28. The molecule has 2 atom stereocenters. The molecule has 2 rings (SSSR count). The fraction of sp³-hybridized carbons (Fsp3) is 0.750. The van der Waals surface area contributed by atoms with E-state index in [9.17, 15) is 0 Å². The number of hydrogen-bond acceptors (Lipinski definition) is 3. The Hall–Kier alpha value is -0.410. The molecule has 0 aliphatic heterocycles. The van der Waals surface area contributed by atoms with Gasteiger partial charge in [-0.05, 0) is 44.6 Å². The van der Waals surface area contributed by atoms with Crippen LogP contribution < -0.4 is 5.73 Å². The summed E-state index contributed by atoms with van der Waals surface area (Å²) in [6.45, 7) is 2.93. The fourth-order valence-electron chi connectivity index (χ4n) is 2.63. The Morgan fingerprint density at radius 1 is 1.40 bits per heavy atom. The number of rotatable bonds is 3. The van der Waals surface area contributed by atoms with E-state index in [1.54, 1.807) is 11.3 Å². The number of nitrogens with zero attached hydrogens (tertiary/aromatic N) is 1. The van der Waals surface area contributed by atoms with Crippen molar-refractivity contribution in [3.05, 3.63) is 16.1 Å². The van der Waals surface area contributed by atoms with Crippen molar-refractivity contribution in [2.24, 2.45) is 17.6 Å². The van der Waals surface area contributed by atoms with E-state index < -0.39 is 0 Å². The van der Waals surface area contributed by atoms with Crippen LogP contribution in [0.2, 0.25) is 0 Å². The number of thiazole rings is 1. The van der Waals surface area contributed by atoms with Gasteiger partial charge < -0.3 is 5.73 Å². The van der Waals surface area contributed by atoms with Crippen LogP contribution in [0.15, 0.2) is 5.38 Å². The molecule has 0 amide bonds. The molecule has 1 aliphatic rings. The Morgan fingerprint density at radius 3 is 2.73 bits per heavy atom. The molecule has 15 heavy (non-hydrogen) atoms. The first-order valence-corrected chi connectivity index (χ1v) is 6.78. The summed E-state index contributed by atoms with van der Waals surface area (Å²) >= 11 is 1.76. The highest BCUT2D eigenvalue weighted by molar-refractivity contribution is 7.09. The Balaban J connectivity index is 1.97. The first-order chi connectivity index (χ1) is 7.29. The van der Waals surface area contributed by atoms with E-state index in [-0.39, 0.29) is 0 Å². The molecule has 0 bridgehead atoms. The largest absolute Gasteiger partial charge is 0.330 e. The first-order valence-electron chi connectivity index (χ1n) is 5.90. The topological polar surface area (TPSA) is 38.9 Å². The van der Waals surface area contributed by atoms with Gasteiger partial charge in [-0.3, -0.25) is 0 Å². The third-order valence-corrected chi connectivity index (χ3v) is 4.33. The molecule has 2 N–H and O–H groups in total. The van der Waals surface area contributed by atoms with Crippen LogP contribution in [0, 0.1) is 18.8 Å². The summed E-state index contributed by atoms with van der Waals surface area (Å²) in [6.07, 6.45) is 6.56. The van der Waals surface area contributed by atoms with E-state index in [0.717, 1.165) is 24.8 Å². The average molecular weight is 224 g/mol. The van der Waals surface area contributed by atoms with Crippen LogP contribution in [0.4, 0.5) is 0 Å². The highest BCUT2D eigenvalue weighted by atomic mass is 32.1. The predicted molar refractivity (Wildman–Crippen MR) is 65.1 cm³/mol. The van der Waals surface area contributed by atoms with Gasteiger partial charge in [0.25, 0.3) is 0 Å². The van der Waals surface area contributed by atoms with Gasteiger partial charge in [0.05, 0.1) is 10.7 Å². The minimum atomic E-state index is 0.737. The average Bonchev–Trinajstić information content (AvgIpc) is 2.65. The van der Waals surface area contributed by atoms with Crippen LogP contribution in [0.5, 0.6) is 0 Å². The summed E-state index contributed by atoms with van der Waals surface area (Å²) in [5.41, 5.74) is 7.12. The molecule has 84 valence electrons. The molecule has 0 aromatic carbocycles. The molecule has 0 spiro atoms. The maximum absolute atomic E-state index is 5.83. The zero-order valence-corrected chi connectivity index (χ0v) is 10.2. The van der Waals surface area contributed by atoms with E-state index >= 15 is 0 Å². The summed E-state index contributed by atoms with van der Waals surface area (Å²) in [7, 11) is 0. The predicted octanol–water partition coefficient (Wildman–Crippen LogP) is 2.76. The zero-order valence-electron chi connectivity index (χ0n) is 9.41. The summed E-state index contributed by atoms with van der Waals surface area (Å²) in [5.74, 6) is 1.52. The number of nitrogens with two attached hydrogens (primary N) is 1. The molecule has 1 saturated carbocycles. The summed E-state index contributed by atoms with van der Waals surface area (Å²) in [4.78, 5) is 4.55. The molecule has 1 aromatic rings. The van der Waals surface area contributed by atoms with Crippen molar-refractivity contribution in [3.63, 3.8) is 0 Å². The van der Waals surface area contributed by atoms with Gasteiger partial charge in [0.15, 0.2) is 0 Å². The molecule has 1 fully saturated rings. The summed E-state index contributed by atoms with van der Waals surface area (Å²) < 4.78 is 0. The quantitative estimate of drug-likeness (QED) is 0.857. The Morgan fingerprint density at radius 2 is 2.13 bits per heavy atom. The number of hydrogen-bond donors (Lipinski definition) is 1. The second-order valence-electron chi connectivity index (χ2n) is 4.60. The van der Waals surface area contributed by atoms with Gasteiger partial charge in [-0.25, -0.2) is 4.98 Å². The standard InChI is InChI=1S/C12H20N2S/c1-9-14-12(8-15-9)6-10-4-2-3-5-11(10)7-13/h8,10-11H,2-7,13H2,1H3. The lowest BCUT2D eigenvalue weighted by atomic mass is 9.77. The van der Waals surface area contributed by atoms with Gasteiger partial charge >= 0.3 is 0 Å². The van der Waals surface area contributed by atoms with Crippen molar-refractivity contribution >= 4 is 11.3 Å². The van der Waals surface area contributed by atoms with Crippen LogP contribution in [0.1, 0.15) is 36.4 Å². The van der Waals surface area contributed by atoms with E-state index in [0.29, 0.717) is 0 Å². The van der Waals surface area contributed by atoms with Crippen molar-refractivity contribution in [3.8, 4) is 0 Å². The van der Waals surface area contributed by atoms with E-state index in [2.05, 4.69) is 17.3 Å². The van der Waals surface area contributed by atoms with Gasteiger partial charge in [-0.1, -0.05) is 12.8 Å². The maximum atomic E-state index is 5.83. The second-order valence-corrected chi connectivity index (χ2v) is 5.66. The first kappa shape index (κ1) is 11.1. The third kappa shape index (κ3) is 2.79. The smallest absolute Gasteiger partial charge is 0.0897 e. The van der Waals surface area contributed by atoms with E-state index in [1.165, 1.54) is 36.4 Å². The number of aromatic nitrogens is 1. The van der Waals surface area contributed by atoms with Crippen LogP contribution >= 0.6 is 11.3 Å². The van der Waals surface area contributed by atoms with Crippen molar-refractivity contribution in [2.75, 3.05) is 6.54 Å². The summed E-state index contributed by atoms with van der Waals surface area (Å²) in [5, 5.41) is 3.39. The van der Waals surface area contributed by atoms with Crippen molar-refractivity contribution in [1.29, 1.82) is 0 Å². The SMILES string of the molecule is Cc1nc(CC2CCCCC2CN)cs1. The van der Waals surface area contributed by atoms with Crippen molar-refractivity contribution in [1.82, 2.24) is 4.98 Å². The zero-order chi connectivity index (χ0) is 10.7. The van der Waals surface area contributed by atoms with Crippen LogP contribution in [-0.4, -0.2) is 11.5 Å². The lowest BCUT2D eigenvalue weighted by Gasteiger charge is -2.30. The molecule has 0 radical (unpaired) electrons. The Kier molecular flexibility index (Phi) is 3.76. The molecule has 1 aliphatic carbocycles. The van der Waals surface area contributed by atoms with Crippen LogP contribution in [0.3, 0.4) is 0 Å². The Bertz CT molecular complexity index is 308. The van der Waals surface area contributed by atoms with Crippen LogP contribution in [-0.2, 0) is 6.42 Å². The fourth-order valence-corrected chi connectivity index (χ4v) is 3.26. The molecular weight excluding hydrogens is 204 g/mol. The normalized spacial score (nSPS) is 26.8. The monoisotopic (exact) mass is 224 g/mol. The van der Waals surface area contributed by atoms with Gasteiger partial charge in [0.1, 0.15) is 0 Å². The van der Waals surface area contributed by atoms with Crippen LogP contribution in [0.25, 0.3) is 0 Å².